The molecule has 0 aliphatic carbocycles. The van der Waals surface area contributed by atoms with Gasteiger partial charge in [-0.2, -0.15) is 0 Å². The summed E-state index contributed by atoms with van der Waals surface area (Å²) in [4.78, 5) is 11.0. The van der Waals surface area contributed by atoms with Crippen LogP contribution in [0.3, 0.4) is 0 Å². The molecule has 0 atom stereocenters. The van der Waals surface area contributed by atoms with Crippen molar-refractivity contribution in [2.45, 2.75) is 6.92 Å². The highest BCUT2D eigenvalue weighted by molar-refractivity contribution is 7.92. The lowest BCUT2D eigenvalue weighted by Crippen LogP contribution is -2.35. The molecule has 0 bridgehead atoms. The van der Waals surface area contributed by atoms with Crippen molar-refractivity contribution in [1.29, 1.82) is 0 Å². The van der Waals surface area contributed by atoms with Crippen LogP contribution in [-0.2, 0) is 14.8 Å². The molecule has 8 heteroatoms. The maximum Gasteiger partial charge on any atom is 0.242 e. The van der Waals surface area contributed by atoms with Crippen molar-refractivity contribution in [2.24, 2.45) is 0 Å². The van der Waals surface area contributed by atoms with E-state index in [0.717, 1.165) is 4.31 Å². The minimum Gasteiger partial charge on any atom is -0.279 e. The monoisotopic (exact) mass is 329 g/mol. The maximum atomic E-state index is 11.9. The van der Waals surface area contributed by atoms with E-state index in [-0.39, 0.29) is 16.5 Å². The van der Waals surface area contributed by atoms with Gasteiger partial charge in [0.2, 0.25) is 15.3 Å². The van der Waals surface area contributed by atoms with Gasteiger partial charge in [-0.25, -0.2) is 8.42 Å². The van der Waals surface area contributed by atoms with E-state index >= 15 is 0 Å². The molecule has 0 saturated carbocycles. The lowest BCUT2D eigenvalue weighted by Gasteiger charge is -2.23. The minimum atomic E-state index is -3.64. The Kier molecular flexibility index (Phi) is 5.28. The number of rotatable bonds is 5. The summed E-state index contributed by atoms with van der Waals surface area (Å²) in [5.74, 6) is -0.171. The third-order valence-corrected chi connectivity index (χ3v) is 4.53. The van der Waals surface area contributed by atoms with Crippen molar-refractivity contribution >= 4 is 55.8 Å². The molecule has 18 heavy (non-hydrogen) atoms. The summed E-state index contributed by atoms with van der Waals surface area (Å²) in [5, 5.41) is -0.287. The molecule has 0 aliphatic rings. The number of carbonyl (C=O) groups excluding carboxylic acids is 1. The minimum absolute atomic E-state index is 0.137. The molecule has 0 N–H and O–H groups in total. The summed E-state index contributed by atoms with van der Waals surface area (Å²) < 4.78 is 24.7. The van der Waals surface area contributed by atoms with E-state index in [4.69, 9.17) is 34.8 Å². The van der Waals surface area contributed by atoms with Crippen molar-refractivity contribution in [3.8, 4) is 0 Å². The summed E-state index contributed by atoms with van der Waals surface area (Å²) in [5.41, 5.74) is 0.178. The fourth-order valence-corrected chi connectivity index (χ4v) is 3.12. The molecular formula is C10H10Cl3NO3S. The molecule has 0 spiro atoms. The highest BCUT2D eigenvalue weighted by Crippen LogP contribution is 2.30. The van der Waals surface area contributed by atoms with Crippen LogP contribution in [0.2, 0.25) is 10.0 Å². The van der Waals surface area contributed by atoms with Crippen LogP contribution in [0.5, 0.6) is 0 Å². The van der Waals surface area contributed by atoms with E-state index < -0.39 is 21.8 Å². The van der Waals surface area contributed by atoms with Gasteiger partial charge in [0.1, 0.15) is 6.54 Å². The molecule has 0 unspecified atom stereocenters. The van der Waals surface area contributed by atoms with E-state index in [9.17, 15) is 13.2 Å². The first-order chi connectivity index (χ1) is 8.27. The quantitative estimate of drug-likeness (QED) is 0.780. The smallest absolute Gasteiger partial charge is 0.242 e. The molecule has 1 aromatic carbocycles. The number of nitrogens with zero attached hydrogens (tertiary/aromatic N) is 1. The Morgan fingerprint density at radius 1 is 1.33 bits per heavy atom. The lowest BCUT2D eigenvalue weighted by molar-refractivity contribution is -0.110. The zero-order valence-electron chi connectivity index (χ0n) is 9.36. The maximum absolute atomic E-state index is 11.9. The molecule has 100 valence electrons. The largest absolute Gasteiger partial charge is 0.279 e. The topological polar surface area (TPSA) is 54.5 Å². The number of hydrogen-bond acceptors (Lipinski definition) is 3. The third-order valence-electron chi connectivity index (χ3n) is 2.15. The summed E-state index contributed by atoms with van der Waals surface area (Å²) in [7, 11) is -3.64. The summed E-state index contributed by atoms with van der Waals surface area (Å²) in [6, 6.07) is 4.31. The number of benzene rings is 1. The predicted octanol–water partition coefficient (Wildman–Crippen LogP) is 2.91. The number of sulfonamides is 1. The van der Waals surface area contributed by atoms with Gasteiger partial charge in [-0.05, 0) is 36.7 Å². The summed E-state index contributed by atoms with van der Waals surface area (Å²) >= 11 is 16.9. The van der Waals surface area contributed by atoms with E-state index in [1.165, 1.54) is 25.1 Å². The van der Waals surface area contributed by atoms with Crippen LogP contribution >= 0.6 is 34.8 Å². The standard InChI is InChI=1S/C10H10Cl3NO3S/c1-2-18(16,17)14(6-10(13)15)9-4-3-7(11)5-8(9)12/h3-5H,2,6H2,1H3. The van der Waals surface area contributed by atoms with Crippen molar-refractivity contribution in [2.75, 3.05) is 16.6 Å². The summed E-state index contributed by atoms with van der Waals surface area (Å²) in [6.07, 6.45) is 0. The van der Waals surface area contributed by atoms with Crippen molar-refractivity contribution < 1.29 is 13.2 Å². The molecule has 0 amide bonds. The molecule has 0 aliphatic heterocycles. The predicted molar refractivity (Wildman–Crippen MR) is 74.1 cm³/mol. The van der Waals surface area contributed by atoms with Gasteiger partial charge in [0.25, 0.3) is 0 Å². The number of hydrogen-bond donors (Lipinski definition) is 0. The highest BCUT2D eigenvalue weighted by Gasteiger charge is 2.24. The second-order valence-electron chi connectivity index (χ2n) is 3.36. The van der Waals surface area contributed by atoms with Crippen LogP contribution in [0.25, 0.3) is 0 Å². The Hall–Kier alpha value is -0.490. The first kappa shape index (κ1) is 15.6. The molecule has 1 rings (SSSR count). The highest BCUT2D eigenvalue weighted by atomic mass is 35.5. The van der Waals surface area contributed by atoms with Crippen molar-refractivity contribution in [3.05, 3.63) is 28.2 Å². The van der Waals surface area contributed by atoms with Gasteiger partial charge in [-0.15, -0.1) is 0 Å². The summed E-state index contributed by atoms with van der Waals surface area (Å²) in [6.45, 7) is 0.990. The van der Waals surface area contributed by atoms with Crippen LogP contribution in [0.4, 0.5) is 5.69 Å². The second-order valence-corrected chi connectivity index (χ2v) is 6.81. The average molecular weight is 331 g/mol. The Morgan fingerprint density at radius 2 is 1.94 bits per heavy atom. The van der Waals surface area contributed by atoms with Gasteiger partial charge in [0.05, 0.1) is 16.5 Å². The first-order valence-corrected chi connectivity index (χ1v) is 7.66. The Labute approximate surface area is 120 Å². The van der Waals surface area contributed by atoms with E-state index in [1.54, 1.807) is 0 Å². The Balaban J connectivity index is 3.30. The second kappa shape index (κ2) is 6.10. The molecule has 0 heterocycles. The number of halogens is 3. The SMILES string of the molecule is CCS(=O)(=O)N(CC(=O)Cl)c1ccc(Cl)cc1Cl. The molecule has 0 fully saturated rings. The number of carbonyl (C=O) groups is 1. The fourth-order valence-electron chi connectivity index (χ4n) is 1.29. The normalized spacial score (nSPS) is 11.3. The first-order valence-electron chi connectivity index (χ1n) is 4.91. The fraction of sp³-hybridized carbons (Fsp3) is 0.300. The van der Waals surface area contributed by atoms with Crippen molar-refractivity contribution in [3.63, 3.8) is 0 Å². The van der Waals surface area contributed by atoms with Gasteiger partial charge in [0.15, 0.2) is 0 Å². The lowest BCUT2D eigenvalue weighted by atomic mass is 10.3. The van der Waals surface area contributed by atoms with Gasteiger partial charge < -0.3 is 0 Å². The van der Waals surface area contributed by atoms with E-state index in [2.05, 4.69) is 0 Å². The van der Waals surface area contributed by atoms with Gasteiger partial charge in [-0.1, -0.05) is 23.2 Å². The van der Waals surface area contributed by atoms with Crippen LogP contribution in [-0.4, -0.2) is 26.0 Å². The Morgan fingerprint density at radius 3 is 2.39 bits per heavy atom. The molecular weight excluding hydrogens is 321 g/mol. The van der Waals surface area contributed by atoms with Crippen LogP contribution in [0.15, 0.2) is 18.2 Å². The average Bonchev–Trinajstić information content (AvgIpc) is 2.26. The van der Waals surface area contributed by atoms with E-state index in [1.807, 2.05) is 0 Å². The zero-order chi connectivity index (χ0) is 13.9. The van der Waals surface area contributed by atoms with Crippen LogP contribution in [0.1, 0.15) is 6.92 Å². The number of anilines is 1. The molecule has 0 radical (unpaired) electrons. The van der Waals surface area contributed by atoms with Gasteiger partial charge >= 0.3 is 0 Å². The van der Waals surface area contributed by atoms with Crippen molar-refractivity contribution in [1.82, 2.24) is 0 Å². The van der Waals surface area contributed by atoms with E-state index in [0.29, 0.717) is 5.02 Å². The van der Waals surface area contributed by atoms with Crippen LogP contribution in [0, 0.1) is 0 Å². The van der Waals surface area contributed by atoms with Gasteiger partial charge in [-0.3, -0.25) is 9.10 Å². The van der Waals surface area contributed by atoms with Crippen LogP contribution < -0.4 is 4.31 Å². The zero-order valence-corrected chi connectivity index (χ0v) is 12.4. The van der Waals surface area contributed by atoms with Gasteiger partial charge in [0, 0.05) is 5.02 Å². The molecule has 1 aromatic rings. The molecule has 4 nitrogen and oxygen atoms in total. The third kappa shape index (κ3) is 3.75. The molecule has 0 aromatic heterocycles. The molecule has 0 saturated heterocycles. The Bertz CT molecular complexity index is 559.